The lowest BCUT2D eigenvalue weighted by molar-refractivity contribution is 0.0697. The van der Waals surface area contributed by atoms with Gasteiger partial charge in [-0.05, 0) is 30.9 Å². The third-order valence-electron chi connectivity index (χ3n) is 4.36. The van der Waals surface area contributed by atoms with Gasteiger partial charge in [-0.1, -0.05) is 26.2 Å². The van der Waals surface area contributed by atoms with E-state index < -0.39 is 5.60 Å². The van der Waals surface area contributed by atoms with E-state index in [0.717, 1.165) is 36.7 Å². The molecule has 3 N–H and O–H groups in total. The van der Waals surface area contributed by atoms with Gasteiger partial charge in [0.05, 0.1) is 5.60 Å². The van der Waals surface area contributed by atoms with E-state index in [1.165, 1.54) is 19.3 Å². The summed E-state index contributed by atoms with van der Waals surface area (Å²) in [7, 11) is 0. The molecule has 4 nitrogen and oxygen atoms in total. The molecule has 0 spiro atoms. The minimum absolute atomic E-state index is 0.118. The summed E-state index contributed by atoms with van der Waals surface area (Å²) in [5.41, 5.74) is -0.694. The quantitative estimate of drug-likeness (QED) is 0.742. The Morgan fingerprint density at radius 1 is 1.47 bits per heavy atom. The van der Waals surface area contributed by atoms with Gasteiger partial charge in [-0.25, -0.2) is 4.79 Å². The van der Waals surface area contributed by atoms with Gasteiger partial charge >= 0.3 is 6.03 Å². The van der Waals surface area contributed by atoms with E-state index in [0.29, 0.717) is 12.6 Å². The number of carbonyl (C=O) groups is 1. The average Bonchev–Trinajstić information content (AvgIpc) is 2.84. The summed E-state index contributed by atoms with van der Waals surface area (Å²) in [6.45, 7) is 2.59. The fourth-order valence-electron chi connectivity index (χ4n) is 3.01. The van der Waals surface area contributed by atoms with Crippen LogP contribution in [-0.2, 0) is 0 Å². The van der Waals surface area contributed by atoms with Crippen molar-refractivity contribution in [1.82, 2.24) is 10.6 Å². The number of thioether (sulfide) groups is 1. The minimum Gasteiger partial charge on any atom is -0.387 e. The van der Waals surface area contributed by atoms with Crippen molar-refractivity contribution in [1.29, 1.82) is 0 Å². The third-order valence-corrected chi connectivity index (χ3v) is 5.59. The number of nitrogens with one attached hydrogen (secondary N) is 2. The van der Waals surface area contributed by atoms with E-state index in [4.69, 9.17) is 0 Å². The number of amides is 2. The van der Waals surface area contributed by atoms with Gasteiger partial charge in [-0.2, -0.15) is 11.8 Å². The summed E-state index contributed by atoms with van der Waals surface area (Å²) in [5, 5.41) is 16.1. The lowest BCUT2D eigenvalue weighted by atomic mass is 9.84. The van der Waals surface area contributed by atoms with Gasteiger partial charge in [0.25, 0.3) is 0 Å². The molecule has 2 aliphatic rings. The highest BCUT2D eigenvalue weighted by molar-refractivity contribution is 7.99. The van der Waals surface area contributed by atoms with Crippen molar-refractivity contribution in [2.75, 3.05) is 18.1 Å². The Kier molecular flexibility index (Phi) is 5.39. The highest BCUT2D eigenvalue weighted by Gasteiger charge is 2.32. The van der Waals surface area contributed by atoms with Gasteiger partial charge in [-0.3, -0.25) is 0 Å². The average molecular weight is 286 g/mol. The fourth-order valence-corrected chi connectivity index (χ4v) is 4.31. The molecule has 1 aliphatic heterocycles. The van der Waals surface area contributed by atoms with Crippen LogP contribution in [0.1, 0.15) is 45.4 Å². The Hall–Kier alpha value is -0.420. The molecule has 2 rings (SSSR count). The van der Waals surface area contributed by atoms with Gasteiger partial charge in [0.15, 0.2) is 0 Å². The molecule has 110 valence electrons. The lowest BCUT2D eigenvalue weighted by Gasteiger charge is -2.29. The third kappa shape index (κ3) is 4.56. The van der Waals surface area contributed by atoms with E-state index in [-0.39, 0.29) is 6.03 Å². The molecule has 1 heterocycles. The summed E-state index contributed by atoms with van der Waals surface area (Å²) in [4.78, 5) is 11.9. The molecule has 2 fully saturated rings. The Morgan fingerprint density at radius 3 is 3.00 bits per heavy atom. The molecule has 1 saturated heterocycles. The second-order valence-corrected chi connectivity index (χ2v) is 7.10. The Labute approximate surface area is 120 Å². The van der Waals surface area contributed by atoms with Crippen molar-refractivity contribution in [3.05, 3.63) is 0 Å². The van der Waals surface area contributed by atoms with Gasteiger partial charge in [0, 0.05) is 18.3 Å². The Balaban J connectivity index is 1.69. The lowest BCUT2D eigenvalue weighted by Crippen LogP contribution is -2.49. The molecule has 1 aliphatic carbocycles. The van der Waals surface area contributed by atoms with Crippen molar-refractivity contribution < 1.29 is 9.90 Å². The monoisotopic (exact) mass is 286 g/mol. The van der Waals surface area contributed by atoms with E-state index in [9.17, 15) is 9.90 Å². The normalized spacial score (nSPS) is 35.1. The van der Waals surface area contributed by atoms with Crippen LogP contribution in [0.25, 0.3) is 0 Å². The van der Waals surface area contributed by atoms with Gasteiger partial charge in [-0.15, -0.1) is 0 Å². The SMILES string of the molecule is CC[C@@H]1CCC[C@@H](NC(=O)NC[C@@]2(O)CCSC2)C1. The summed E-state index contributed by atoms with van der Waals surface area (Å²) in [5.74, 6) is 2.48. The molecule has 0 aromatic rings. The minimum atomic E-state index is -0.694. The number of hydrogen-bond acceptors (Lipinski definition) is 3. The molecule has 3 atom stereocenters. The Morgan fingerprint density at radius 2 is 2.32 bits per heavy atom. The van der Waals surface area contributed by atoms with Crippen LogP contribution in [0.4, 0.5) is 4.79 Å². The molecule has 0 aromatic carbocycles. The van der Waals surface area contributed by atoms with Crippen LogP contribution in [0, 0.1) is 5.92 Å². The molecule has 0 bridgehead atoms. The number of hydrogen-bond donors (Lipinski definition) is 3. The Bertz CT molecular complexity index is 306. The maximum absolute atomic E-state index is 11.9. The van der Waals surface area contributed by atoms with E-state index >= 15 is 0 Å². The highest BCUT2D eigenvalue weighted by Crippen LogP contribution is 2.27. The maximum atomic E-state index is 11.9. The maximum Gasteiger partial charge on any atom is 0.315 e. The molecular weight excluding hydrogens is 260 g/mol. The van der Waals surface area contributed by atoms with Crippen LogP contribution in [0.15, 0.2) is 0 Å². The van der Waals surface area contributed by atoms with Crippen LogP contribution in [0.5, 0.6) is 0 Å². The zero-order valence-electron chi connectivity index (χ0n) is 11.8. The van der Waals surface area contributed by atoms with Crippen molar-refractivity contribution in [3.63, 3.8) is 0 Å². The summed E-state index contributed by atoms with van der Waals surface area (Å²) in [6, 6.07) is 0.193. The van der Waals surface area contributed by atoms with Gasteiger partial charge in [0.2, 0.25) is 0 Å². The second-order valence-electron chi connectivity index (χ2n) is 5.99. The molecule has 0 radical (unpaired) electrons. The van der Waals surface area contributed by atoms with E-state index in [2.05, 4.69) is 17.6 Å². The predicted molar refractivity (Wildman–Crippen MR) is 79.5 cm³/mol. The van der Waals surface area contributed by atoms with Gasteiger partial charge < -0.3 is 15.7 Å². The van der Waals surface area contributed by atoms with Crippen molar-refractivity contribution in [3.8, 4) is 0 Å². The zero-order chi connectivity index (χ0) is 13.7. The van der Waals surface area contributed by atoms with Crippen molar-refractivity contribution in [2.45, 2.75) is 57.1 Å². The molecule has 2 amide bonds. The predicted octanol–water partition coefficient (Wildman–Crippen LogP) is 2.12. The van der Waals surface area contributed by atoms with Crippen LogP contribution < -0.4 is 10.6 Å². The molecule has 0 unspecified atom stereocenters. The first-order valence-electron chi connectivity index (χ1n) is 7.46. The first-order valence-corrected chi connectivity index (χ1v) is 8.61. The molecule has 0 aromatic heterocycles. The fraction of sp³-hybridized carbons (Fsp3) is 0.929. The smallest absolute Gasteiger partial charge is 0.315 e. The van der Waals surface area contributed by atoms with Crippen molar-refractivity contribution in [2.24, 2.45) is 5.92 Å². The van der Waals surface area contributed by atoms with Crippen LogP contribution in [0.3, 0.4) is 0 Å². The number of urea groups is 1. The molecular formula is C14H26N2O2S. The molecule has 1 saturated carbocycles. The highest BCUT2D eigenvalue weighted by atomic mass is 32.2. The first kappa shape index (κ1) is 15.0. The number of rotatable bonds is 4. The van der Waals surface area contributed by atoms with Gasteiger partial charge in [0.1, 0.15) is 0 Å². The van der Waals surface area contributed by atoms with Crippen LogP contribution >= 0.6 is 11.8 Å². The summed E-state index contributed by atoms with van der Waals surface area (Å²) >= 11 is 1.75. The second kappa shape index (κ2) is 6.84. The number of carbonyl (C=O) groups excluding carboxylic acids is 1. The van der Waals surface area contributed by atoms with Crippen LogP contribution in [-0.4, -0.2) is 40.8 Å². The summed E-state index contributed by atoms with van der Waals surface area (Å²) in [6.07, 6.45) is 6.68. The largest absolute Gasteiger partial charge is 0.387 e. The zero-order valence-corrected chi connectivity index (χ0v) is 12.6. The van der Waals surface area contributed by atoms with Crippen LogP contribution in [0.2, 0.25) is 0 Å². The standard InChI is InChI=1S/C14H26N2O2S/c1-2-11-4-3-5-12(8-11)16-13(17)15-9-14(18)6-7-19-10-14/h11-12,18H,2-10H2,1H3,(H2,15,16,17)/t11-,12-,14+/m1/s1. The first-order chi connectivity index (χ1) is 9.11. The van der Waals surface area contributed by atoms with E-state index in [1.807, 2.05) is 0 Å². The summed E-state index contributed by atoms with van der Waals surface area (Å²) < 4.78 is 0. The molecule has 5 heteroatoms. The number of aliphatic hydroxyl groups is 1. The molecule has 19 heavy (non-hydrogen) atoms. The topological polar surface area (TPSA) is 61.4 Å². The van der Waals surface area contributed by atoms with Crippen molar-refractivity contribution >= 4 is 17.8 Å². The van der Waals surface area contributed by atoms with E-state index in [1.54, 1.807) is 11.8 Å².